The molecule has 11 nitrogen and oxygen atoms in total. The van der Waals surface area contributed by atoms with Gasteiger partial charge in [-0.15, -0.1) is 33.3 Å². The van der Waals surface area contributed by atoms with Gasteiger partial charge < -0.3 is 15.4 Å². The third kappa shape index (κ3) is 6.96. The van der Waals surface area contributed by atoms with E-state index in [0.29, 0.717) is 25.8 Å². The molecule has 2 aromatic heterocycles. The van der Waals surface area contributed by atoms with E-state index in [9.17, 15) is 19.2 Å². The lowest BCUT2D eigenvalue weighted by Crippen LogP contribution is -2.70. The highest BCUT2D eigenvalue weighted by molar-refractivity contribution is 8.07. The van der Waals surface area contributed by atoms with Gasteiger partial charge in [0.25, 0.3) is 5.91 Å². The Morgan fingerprint density at radius 2 is 1.76 bits per heavy atom. The van der Waals surface area contributed by atoms with Crippen LogP contribution in [0.15, 0.2) is 81.0 Å². The molecular weight excluding hydrogens is 653 g/mol. The lowest BCUT2D eigenvalue weighted by molar-refractivity contribution is -0.154. The Balaban J connectivity index is 1.24. The molecular formula is C30H26N6O5S4. The van der Waals surface area contributed by atoms with Crippen LogP contribution in [0.1, 0.15) is 34.9 Å². The van der Waals surface area contributed by atoms with E-state index in [2.05, 4.69) is 25.8 Å². The fourth-order valence-electron chi connectivity index (χ4n) is 4.82. The van der Waals surface area contributed by atoms with Crippen molar-refractivity contribution >= 4 is 75.0 Å². The maximum absolute atomic E-state index is 14.1. The number of fused-ring (bicyclic) bond motifs is 1. The van der Waals surface area contributed by atoms with Gasteiger partial charge in [-0.05, 0) is 18.1 Å². The molecule has 0 saturated carbocycles. The molecule has 2 atom stereocenters. The Bertz CT molecular complexity index is 1740. The van der Waals surface area contributed by atoms with Crippen LogP contribution >= 0.6 is 46.2 Å². The van der Waals surface area contributed by atoms with Crippen molar-refractivity contribution in [1.82, 2.24) is 25.4 Å². The van der Waals surface area contributed by atoms with E-state index < -0.39 is 29.4 Å². The minimum absolute atomic E-state index is 0.0602. The number of hydrogen-bond donors (Lipinski definition) is 2. The van der Waals surface area contributed by atoms with Crippen molar-refractivity contribution in [2.24, 2.45) is 0 Å². The normalized spacial score (nSPS) is 17.5. The topological polar surface area (TPSA) is 143 Å². The number of rotatable bonds is 10. The summed E-state index contributed by atoms with van der Waals surface area (Å²) in [5.41, 5.74) is 2.20. The molecule has 2 aliphatic rings. The number of anilines is 1. The number of hydrogen-bond acceptors (Lipinski definition) is 12. The van der Waals surface area contributed by atoms with Crippen LogP contribution in [0.2, 0.25) is 0 Å². The third-order valence-corrected chi connectivity index (χ3v) is 11.0. The average Bonchev–Trinajstić information content (AvgIpc) is 3.66. The molecule has 0 aliphatic carbocycles. The first-order valence-electron chi connectivity index (χ1n) is 13.7. The Labute approximate surface area is 274 Å². The molecule has 2 aliphatic heterocycles. The van der Waals surface area contributed by atoms with E-state index in [1.54, 1.807) is 5.38 Å². The smallest absolute Gasteiger partial charge is 0.356 e. The summed E-state index contributed by atoms with van der Waals surface area (Å²) in [4.78, 5) is 58.2. The molecule has 0 spiro atoms. The number of esters is 1. The molecule has 2 N–H and O–H groups in total. The van der Waals surface area contributed by atoms with Gasteiger partial charge in [-0.3, -0.25) is 19.3 Å². The van der Waals surface area contributed by atoms with Crippen molar-refractivity contribution in [3.63, 3.8) is 0 Å². The van der Waals surface area contributed by atoms with Crippen LogP contribution in [0.25, 0.3) is 0 Å². The summed E-state index contributed by atoms with van der Waals surface area (Å²) >= 11 is 5.35. The summed E-state index contributed by atoms with van der Waals surface area (Å²) in [6.07, 6.45) is -0.766. The minimum Gasteiger partial charge on any atom is -0.448 e. The summed E-state index contributed by atoms with van der Waals surface area (Å²) in [6.45, 7) is 3.23. The summed E-state index contributed by atoms with van der Waals surface area (Å²) in [5.74, 6) is -1.30. The number of aryl methyl sites for hydroxylation is 1. The Morgan fingerprint density at radius 1 is 1.07 bits per heavy atom. The molecule has 6 rings (SSSR count). The van der Waals surface area contributed by atoms with Crippen molar-refractivity contribution in [3.05, 3.63) is 98.5 Å². The number of thioether (sulfide) groups is 2. The van der Waals surface area contributed by atoms with Crippen molar-refractivity contribution < 1.29 is 23.9 Å². The second kappa shape index (κ2) is 13.5. The van der Waals surface area contributed by atoms with E-state index in [4.69, 9.17) is 4.74 Å². The number of benzene rings is 2. The Hall–Kier alpha value is -4.05. The molecule has 4 heterocycles. The van der Waals surface area contributed by atoms with Crippen LogP contribution in [-0.4, -0.2) is 60.9 Å². The second-order valence-corrected chi connectivity index (χ2v) is 14.5. The van der Waals surface area contributed by atoms with Crippen LogP contribution in [0.5, 0.6) is 0 Å². The zero-order valence-corrected chi connectivity index (χ0v) is 27.2. The zero-order chi connectivity index (χ0) is 31.5. The van der Waals surface area contributed by atoms with Gasteiger partial charge in [-0.2, -0.15) is 0 Å². The van der Waals surface area contributed by atoms with E-state index >= 15 is 0 Å². The Kier molecular flexibility index (Phi) is 9.30. The van der Waals surface area contributed by atoms with Crippen molar-refractivity contribution in [2.75, 3.05) is 11.1 Å². The van der Waals surface area contributed by atoms with E-state index in [1.165, 1.54) is 58.0 Å². The molecule has 1 saturated heterocycles. The minimum atomic E-state index is -0.826. The first kappa shape index (κ1) is 31.0. The molecule has 2 aromatic carbocycles. The van der Waals surface area contributed by atoms with Crippen LogP contribution < -0.4 is 10.6 Å². The maximum Gasteiger partial charge on any atom is 0.356 e. The Morgan fingerprint density at radius 3 is 2.38 bits per heavy atom. The molecule has 1 fully saturated rings. The first-order chi connectivity index (χ1) is 21.8. The number of nitrogens with zero attached hydrogens (tertiary/aromatic N) is 4. The van der Waals surface area contributed by atoms with Gasteiger partial charge >= 0.3 is 5.97 Å². The van der Waals surface area contributed by atoms with Gasteiger partial charge in [0, 0.05) is 23.0 Å². The molecule has 4 aromatic rings. The molecule has 0 bridgehead atoms. The molecule has 45 heavy (non-hydrogen) atoms. The summed E-state index contributed by atoms with van der Waals surface area (Å²) < 4.78 is 6.84. The van der Waals surface area contributed by atoms with Crippen LogP contribution in [0.4, 0.5) is 5.13 Å². The van der Waals surface area contributed by atoms with Gasteiger partial charge in [-0.1, -0.05) is 83.8 Å². The van der Waals surface area contributed by atoms with Crippen molar-refractivity contribution in [3.8, 4) is 0 Å². The zero-order valence-electron chi connectivity index (χ0n) is 24.0. The van der Waals surface area contributed by atoms with E-state index in [1.807, 2.05) is 67.6 Å². The van der Waals surface area contributed by atoms with Gasteiger partial charge in [0.05, 0.1) is 12.1 Å². The number of β-lactam (4-membered cyclic amide) rings is 1. The molecule has 230 valence electrons. The second-order valence-electron chi connectivity index (χ2n) is 10.0. The van der Waals surface area contributed by atoms with Crippen LogP contribution in [0, 0.1) is 6.92 Å². The van der Waals surface area contributed by atoms with E-state index in [-0.39, 0.29) is 23.9 Å². The third-order valence-electron chi connectivity index (χ3n) is 6.77. The molecule has 0 unspecified atom stereocenters. The summed E-state index contributed by atoms with van der Waals surface area (Å²) in [5, 5.41) is 16.0. The van der Waals surface area contributed by atoms with E-state index in [0.717, 1.165) is 16.1 Å². The van der Waals surface area contributed by atoms with Crippen LogP contribution in [-0.2, 0) is 30.3 Å². The largest absolute Gasteiger partial charge is 0.448 e. The number of carbonyl (C=O) groups is 4. The van der Waals surface area contributed by atoms with Crippen molar-refractivity contribution in [1.29, 1.82) is 0 Å². The monoisotopic (exact) mass is 678 g/mol. The number of carbonyl (C=O) groups excluding carboxylic acids is 4. The number of nitrogens with one attached hydrogen (secondary N) is 2. The lowest BCUT2D eigenvalue weighted by Gasteiger charge is -2.49. The SMILES string of the molecule is CC(=O)Nc1nc(CC(=O)N[C@@H]2C(=O)N3C(C(=O)OC(c4ccccc4)c4ccccc4)=C(Sc4nnc(C)s4)CS[C@H]23)cs1. The highest BCUT2D eigenvalue weighted by atomic mass is 32.2. The molecule has 3 amide bonds. The van der Waals surface area contributed by atoms with Crippen LogP contribution in [0.3, 0.4) is 0 Å². The predicted molar refractivity (Wildman–Crippen MR) is 173 cm³/mol. The summed E-state index contributed by atoms with van der Waals surface area (Å²) in [6, 6.07) is 18.0. The number of aromatic nitrogens is 3. The standard InChI is InChI=1S/C30H26N6O5S4/c1-16(37)31-29-32-20(14-43-29)13-22(38)33-23-26(39)36-24(21(15-42-27(23)36)45-30-35-34-17(2)44-30)28(40)41-25(18-9-5-3-6-10-18)19-11-7-4-8-12-19/h3-12,14,23,25,27H,13,15H2,1-2H3,(H,33,38)(H,31,32,37)/t23-,27-/m1/s1. The van der Waals surface area contributed by atoms with Crippen molar-refractivity contribution in [2.45, 2.75) is 42.1 Å². The first-order valence-corrected chi connectivity index (χ1v) is 17.3. The predicted octanol–water partition coefficient (Wildman–Crippen LogP) is 4.54. The van der Waals surface area contributed by atoms with Gasteiger partial charge in [0.15, 0.2) is 15.6 Å². The van der Waals surface area contributed by atoms with Gasteiger partial charge in [-0.25, -0.2) is 9.78 Å². The fraction of sp³-hybridized carbons (Fsp3) is 0.233. The highest BCUT2D eigenvalue weighted by Crippen LogP contribution is 2.46. The number of amides is 3. The lowest BCUT2D eigenvalue weighted by atomic mass is 10.0. The fourth-order valence-corrected chi connectivity index (χ4v) is 9.02. The highest BCUT2D eigenvalue weighted by Gasteiger charge is 2.55. The average molecular weight is 679 g/mol. The number of ether oxygens (including phenoxy) is 1. The molecule has 15 heteroatoms. The van der Waals surface area contributed by atoms with Gasteiger partial charge in [0.1, 0.15) is 22.1 Å². The maximum atomic E-state index is 14.1. The summed E-state index contributed by atoms with van der Waals surface area (Å²) in [7, 11) is 0. The van der Waals surface area contributed by atoms with Gasteiger partial charge in [0.2, 0.25) is 11.8 Å². The number of thiazole rings is 1. The molecule has 0 radical (unpaired) electrons. The quantitative estimate of drug-likeness (QED) is 0.181.